The van der Waals surface area contributed by atoms with Gasteiger partial charge in [0.1, 0.15) is 11.5 Å². The fourth-order valence-corrected chi connectivity index (χ4v) is 0.988. The molecule has 0 saturated carbocycles. The third kappa shape index (κ3) is 2.34. The smallest absolute Gasteiger partial charge is 0.132 e. The maximum absolute atomic E-state index is 9.26. The molecule has 0 aliphatic carbocycles. The Morgan fingerprint density at radius 1 is 1.42 bits per heavy atom. The molecule has 1 rings (SSSR count). The zero-order valence-corrected chi connectivity index (χ0v) is 8.01. The van der Waals surface area contributed by atoms with Crippen LogP contribution in [0, 0.1) is 0 Å². The summed E-state index contributed by atoms with van der Waals surface area (Å²) in [6, 6.07) is 5.04. The van der Waals surface area contributed by atoms with Gasteiger partial charge in [-0.1, -0.05) is 0 Å². The highest BCUT2D eigenvalue weighted by atomic mass is 32.1. The van der Waals surface area contributed by atoms with Gasteiger partial charge in [0.05, 0.1) is 6.10 Å². The van der Waals surface area contributed by atoms with Gasteiger partial charge < -0.3 is 9.84 Å². The number of aromatic hydroxyl groups is 1. The summed E-state index contributed by atoms with van der Waals surface area (Å²) in [7, 11) is 0. The van der Waals surface area contributed by atoms with Crippen molar-refractivity contribution in [1.29, 1.82) is 0 Å². The van der Waals surface area contributed by atoms with Gasteiger partial charge in [-0.2, -0.15) is 0 Å². The van der Waals surface area contributed by atoms with Crippen LogP contribution in [0.1, 0.15) is 13.8 Å². The van der Waals surface area contributed by atoms with Crippen molar-refractivity contribution in [3.05, 3.63) is 18.2 Å². The van der Waals surface area contributed by atoms with Crippen LogP contribution in [0.25, 0.3) is 0 Å². The summed E-state index contributed by atoms with van der Waals surface area (Å²) >= 11 is 4.03. The molecule has 1 N–H and O–H groups in total. The van der Waals surface area contributed by atoms with Crippen LogP contribution in [0.5, 0.6) is 11.5 Å². The van der Waals surface area contributed by atoms with Crippen LogP contribution < -0.4 is 4.74 Å². The molecule has 0 aromatic heterocycles. The summed E-state index contributed by atoms with van der Waals surface area (Å²) in [6.07, 6.45) is 0.121. The maximum atomic E-state index is 9.26. The van der Waals surface area contributed by atoms with Gasteiger partial charge in [-0.25, -0.2) is 0 Å². The van der Waals surface area contributed by atoms with Gasteiger partial charge in [0, 0.05) is 11.0 Å². The molecule has 2 nitrogen and oxygen atoms in total. The molecule has 0 saturated heterocycles. The molecule has 3 heteroatoms. The first kappa shape index (κ1) is 9.26. The number of phenols is 1. The lowest BCUT2D eigenvalue weighted by molar-refractivity contribution is 0.241. The molecule has 1 aromatic carbocycles. The molecule has 66 valence electrons. The quantitative estimate of drug-likeness (QED) is 0.691. The Bertz CT molecular complexity index is 271. The molecule has 0 radical (unpaired) electrons. The summed E-state index contributed by atoms with van der Waals surface area (Å²) in [5.41, 5.74) is 0. The molecule has 0 amide bonds. The highest BCUT2D eigenvalue weighted by Gasteiger charge is 2.00. The van der Waals surface area contributed by atoms with Crippen molar-refractivity contribution < 1.29 is 9.84 Å². The predicted molar refractivity (Wildman–Crippen MR) is 51.1 cm³/mol. The van der Waals surface area contributed by atoms with Crippen molar-refractivity contribution in [3.8, 4) is 11.5 Å². The van der Waals surface area contributed by atoms with E-state index in [0.717, 1.165) is 0 Å². The van der Waals surface area contributed by atoms with Crippen LogP contribution in [-0.4, -0.2) is 11.2 Å². The zero-order valence-electron chi connectivity index (χ0n) is 7.11. The van der Waals surface area contributed by atoms with Gasteiger partial charge in [-0.3, -0.25) is 0 Å². The average Bonchev–Trinajstić information content (AvgIpc) is 1.96. The summed E-state index contributed by atoms with van der Waals surface area (Å²) in [4.78, 5) is 0.561. The third-order valence-electron chi connectivity index (χ3n) is 1.32. The van der Waals surface area contributed by atoms with Crippen molar-refractivity contribution in [2.45, 2.75) is 24.8 Å². The van der Waals surface area contributed by atoms with Gasteiger partial charge in [0.25, 0.3) is 0 Å². The van der Waals surface area contributed by atoms with E-state index in [-0.39, 0.29) is 11.9 Å². The second-order valence-electron chi connectivity index (χ2n) is 2.82. The Morgan fingerprint density at radius 3 is 2.58 bits per heavy atom. The van der Waals surface area contributed by atoms with E-state index in [9.17, 15) is 5.11 Å². The van der Waals surface area contributed by atoms with E-state index in [0.29, 0.717) is 10.6 Å². The standard InChI is InChI=1S/C9H12O2S/c1-6(2)11-7-3-4-9(12)8(10)5-7/h3-6,10,12H,1-2H3. The number of rotatable bonds is 2. The Morgan fingerprint density at radius 2 is 2.08 bits per heavy atom. The Labute approximate surface area is 77.6 Å². The Balaban J connectivity index is 2.82. The van der Waals surface area contributed by atoms with Crippen molar-refractivity contribution in [1.82, 2.24) is 0 Å². The number of hydrogen-bond donors (Lipinski definition) is 2. The second kappa shape index (κ2) is 3.72. The fraction of sp³-hybridized carbons (Fsp3) is 0.333. The fourth-order valence-electron chi connectivity index (χ4n) is 0.849. The van der Waals surface area contributed by atoms with E-state index in [1.807, 2.05) is 13.8 Å². The van der Waals surface area contributed by atoms with Gasteiger partial charge in [0.2, 0.25) is 0 Å². The molecule has 1 aromatic rings. The SMILES string of the molecule is CC(C)Oc1ccc(S)c(O)c1. The van der Waals surface area contributed by atoms with Crippen LogP contribution in [0.15, 0.2) is 23.1 Å². The van der Waals surface area contributed by atoms with Gasteiger partial charge in [-0.15, -0.1) is 12.6 Å². The first-order chi connectivity index (χ1) is 5.59. The van der Waals surface area contributed by atoms with E-state index in [2.05, 4.69) is 12.6 Å². The molecule has 0 atom stereocenters. The lowest BCUT2D eigenvalue weighted by Gasteiger charge is -2.09. The van der Waals surface area contributed by atoms with Crippen LogP contribution in [-0.2, 0) is 0 Å². The second-order valence-corrected chi connectivity index (χ2v) is 3.30. The van der Waals surface area contributed by atoms with Crippen molar-refractivity contribution >= 4 is 12.6 Å². The molecule has 0 aliphatic heterocycles. The first-order valence-corrected chi connectivity index (χ1v) is 4.23. The number of phenolic OH excluding ortho intramolecular Hbond substituents is 1. The lowest BCUT2D eigenvalue weighted by Crippen LogP contribution is -2.05. The van der Waals surface area contributed by atoms with E-state index in [1.54, 1.807) is 18.2 Å². The van der Waals surface area contributed by atoms with Gasteiger partial charge in [-0.05, 0) is 26.0 Å². The Hall–Kier alpha value is -0.830. The summed E-state index contributed by atoms with van der Waals surface area (Å²) in [5.74, 6) is 0.816. The van der Waals surface area contributed by atoms with Gasteiger partial charge in [0.15, 0.2) is 0 Å². The largest absolute Gasteiger partial charge is 0.507 e. The van der Waals surface area contributed by atoms with Crippen LogP contribution in [0.3, 0.4) is 0 Å². The molecular formula is C9H12O2S. The third-order valence-corrected chi connectivity index (χ3v) is 1.70. The summed E-state index contributed by atoms with van der Waals surface area (Å²) in [5, 5.41) is 9.26. The molecule has 0 bridgehead atoms. The number of hydrogen-bond acceptors (Lipinski definition) is 3. The Kier molecular flexibility index (Phi) is 2.87. The number of thiol groups is 1. The molecule has 12 heavy (non-hydrogen) atoms. The van der Waals surface area contributed by atoms with Crippen molar-refractivity contribution in [2.75, 3.05) is 0 Å². The topological polar surface area (TPSA) is 29.5 Å². The summed E-state index contributed by atoms with van der Waals surface area (Å²) in [6.45, 7) is 3.87. The zero-order chi connectivity index (χ0) is 9.14. The maximum Gasteiger partial charge on any atom is 0.132 e. The van der Waals surface area contributed by atoms with Gasteiger partial charge >= 0.3 is 0 Å². The normalized spacial score (nSPS) is 10.3. The molecule has 0 heterocycles. The molecule has 0 aliphatic rings. The van der Waals surface area contributed by atoms with Crippen molar-refractivity contribution in [3.63, 3.8) is 0 Å². The highest BCUT2D eigenvalue weighted by molar-refractivity contribution is 7.80. The highest BCUT2D eigenvalue weighted by Crippen LogP contribution is 2.26. The number of benzene rings is 1. The van der Waals surface area contributed by atoms with E-state index < -0.39 is 0 Å². The number of ether oxygens (including phenoxy) is 1. The minimum atomic E-state index is 0.121. The summed E-state index contributed by atoms with van der Waals surface area (Å²) < 4.78 is 5.36. The van der Waals surface area contributed by atoms with E-state index in [1.165, 1.54) is 0 Å². The lowest BCUT2D eigenvalue weighted by atomic mass is 10.3. The van der Waals surface area contributed by atoms with E-state index in [4.69, 9.17) is 4.74 Å². The monoisotopic (exact) mass is 184 g/mol. The minimum absolute atomic E-state index is 0.121. The minimum Gasteiger partial charge on any atom is -0.507 e. The predicted octanol–water partition coefficient (Wildman–Crippen LogP) is 2.47. The van der Waals surface area contributed by atoms with Crippen LogP contribution >= 0.6 is 12.6 Å². The van der Waals surface area contributed by atoms with Crippen LogP contribution in [0.4, 0.5) is 0 Å². The first-order valence-electron chi connectivity index (χ1n) is 3.78. The molecular weight excluding hydrogens is 172 g/mol. The average molecular weight is 184 g/mol. The van der Waals surface area contributed by atoms with Crippen LogP contribution in [0.2, 0.25) is 0 Å². The molecule has 0 spiro atoms. The molecule has 0 unspecified atom stereocenters. The molecule has 0 fully saturated rings. The van der Waals surface area contributed by atoms with Crippen molar-refractivity contribution in [2.24, 2.45) is 0 Å². The van der Waals surface area contributed by atoms with E-state index >= 15 is 0 Å².